The molecule has 2 aromatic carbocycles. The van der Waals surface area contributed by atoms with Gasteiger partial charge in [0.1, 0.15) is 6.61 Å². The number of fused-ring (bicyclic) bond motifs is 1. The lowest BCUT2D eigenvalue weighted by Crippen LogP contribution is -2.49. The number of carbonyl (C=O) groups excluding carboxylic acids is 1. The molecule has 1 N–H and O–H groups in total. The maximum Gasteiger partial charge on any atom is 0.417 e. The van der Waals surface area contributed by atoms with Crippen molar-refractivity contribution >= 4 is 22.5 Å². The van der Waals surface area contributed by atoms with E-state index in [0.717, 1.165) is 18.2 Å². The molecule has 0 atom stereocenters. The first-order valence-corrected chi connectivity index (χ1v) is 14.4. The lowest BCUT2D eigenvalue weighted by Gasteiger charge is -2.35. The Morgan fingerprint density at radius 3 is 2.30 bits per heavy atom. The monoisotopic (exact) mass is 619 g/mol. The second-order valence-corrected chi connectivity index (χ2v) is 11.2. The van der Waals surface area contributed by atoms with Crippen molar-refractivity contribution in [2.24, 2.45) is 0 Å². The van der Waals surface area contributed by atoms with Crippen LogP contribution in [-0.2, 0) is 28.4 Å². The lowest BCUT2D eigenvalue weighted by molar-refractivity contribution is -0.141. The SMILES string of the molecule is N#Cc1ccc(NC2CCC(OCC(=O)N3CCN(Cc4ccc5ccc(C(F)(F)F)cc5n4)CC3)CC2)cc1C(F)(F)F. The van der Waals surface area contributed by atoms with Gasteiger partial charge in [0.05, 0.1) is 40.1 Å². The summed E-state index contributed by atoms with van der Waals surface area (Å²) in [6.45, 7) is 2.58. The van der Waals surface area contributed by atoms with Gasteiger partial charge in [-0.1, -0.05) is 12.1 Å². The largest absolute Gasteiger partial charge is 0.417 e. The number of amides is 1. The average molecular weight is 620 g/mol. The molecular weight excluding hydrogens is 588 g/mol. The molecule has 0 unspecified atom stereocenters. The highest BCUT2D eigenvalue weighted by Crippen LogP contribution is 2.35. The van der Waals surface area contributed by atoms with Crippen molar-refractivity contribution in [2.75, 3.05) is 38.1 Å². The normalized spacial score (nSPS) is 20.0. The fourth-order valence-electron chi connectivity index (χ4n) is 5.66. The first kappa shape index (κ1) is 31.5. The van der Waals surface area contributed by atoms with E-state index in [1.54, 1.807) is 23.1 Å². The van der Waals surface area contributed by atoms with Gasteiger partial charge in [0.25, 0.3) is 0 Å². The van der Waals surface area contributed by atoms with E-state index >= 15 is 0 Å². The molecule has 5 rings (SSSR count). The highest BCUT2D eigenvalue weighted by Gasteiger charge is 2.34. The van der Waals surface area contributed by atoms with E-state index in [0.29, 0.717) is 75.2 Å². The lowest BCUT2D eigenvalue weighted by atomic mass is 9.92. The van der Waals surface area contributed by atoms with Crippen LogP contribution in [0.3, 0.4) is 0 Å². The molecular formula is C31H31F6N5O2. The van der Waals surface area contributed by atoms with Gasteiger partial charge in [-0.25, -0.2) is 0 Å². The minimum atomic E-state index is -4.62. The third kappa shape index (κ3) is 7.78. The molecule has 1 aromatic heterocycles. The highest BCUT2D eigenvalue weighted by atomic mass is 19.4. The van der Waals surface area contributed by atoms with Crippen molar-refractivity contribution in [2.45, 2.75) is 56.7 Å². The maximum atomic E-state index is 13.3. The number of pyridine rings is 1. The number of piperazine rings is 1. The first-order valence-electron chi connectivity index (χ1n) is 14.4. The van der Waals surface area contributed by atoms with E-state index in [2.05, 4.69) is 15.2 Å². The van der Waals surface area contributed by atoms with Gasteiger partial charge in [-0.2, -0.15) is 31.6 Å². The Bertz CT molecular complexity index is 1520. The van der Waals surface area contributed by atoms with Gasteiger partial charge in [0.2, 0.25) is 5.91 Å². The molecule has 2 heterocycles. The van der Waals surface area contributed by atoms with Gasteiger partial charge in [-0.05, 0) is 62.1 Å². The minimum absolute atomic E-state index is 0.0450. The summed E-state index contributed by atoms with van der Waals surface area (Å²) in [5.74, 6) is -0.120. The quantitative estimate of drug-likeness (QED) is 0.316. The fourth-order valence-corrected chi connectivity index (χ4v) is 5.66. The number of benzene rings is 2. The molecule has 1 aliphatic heterocycles. The molecule has 2 aliphatic rings. The molecule has 44 heavy (non-hydrogen) atoms. The van der Waals surface area contributed by atoms with Crippen molar-refractivity contribution in [1.82, 2.24) is 14.8 Å². The molecule has 3 aromatic rings. The number of halogens is 6. The first-order chi connectivity index (χ1) is 20.9. The summed E-state index contributed by atoms with van der Waals surface area (Å²) in [4.78, 5) is 21.0. The van der Waals surface area contributed by atoms with Gasteiger partial charge < -0.3 is 15.0 Å². The summed E-state index contributed by atoms with van der Waals surface area (Å²) < 4.78 is 84.9. The number of hydrogen-bond donors (Lipinski definition) is 1. The van der Waals surface area contributed by atoms with E-state index in [4.69, 9.17) is 10.00 Å². The summed E-state index contributed by atoms with van der Waals surface area (Å²) in [6, 6.07) is 12.2. The van der Waals surface area contributed by atoms with Crippen LogP contribution in [0, 0.1) is 11.3 Å². The Morgan fingerprint density at radius 1 is 0.932 bits per heavy atom. The van der Waals surface area contributed by atoms with Crippen LogP contribution in [0.4, 0.5) is 32.0 Å². The molecule has 1 saturated heterocycles. The summed E-state index contributed by atoms with van der Waals surface area (Å²) in [5, 5.41) is 12.7. The van der Waals surface area contributed by atoms with Gasteiger partial charge in [0.15, 0.2) is 0 Å². The molecule has 0 radical (unpaired) electrons. The molecule has 0 spiro atoms. The van der Waals surface area contributed by atoms with E-state index in [9.17, 15) is 31.1 Å². The molecule has 7 nitrogen and oxygen atoms in total. The maximum absolute atomic E-state index is 13.3. The summed E-state index contributed by atoms with van der Waals surface area (Å²) in [6.07, 6.45) is -6.53. The molecule has 2 fully saturated rings. The number of alkyl halides is 6. The number of anilines is 1. The van der Waals surface area contributed by atoms with Crippen molar-refractivity contribution in [3.05, 3.63) is 70.9 Å². The van der Waals surface area contributed by atoms with E-state index in [1.807, 2.05) is 0 Å². The Morgan fingerprint density at radius 2 is 1.64 bits per heavy atom. The predicted molar refractivity (Wildman–Crippen MR) is 150 cm³/mol. The summed E-state index contributed by atoms with van der Waals surface area (Å²) in [5.41, 5.74) is -0.862. The van der Waals surface area contributed by atoms with Crippen LogP contribution in [0.15, 0.2) is 48.5 Å². The topological polar surface area (TPSA) is 81.5 Å². The number of ether oxygens (including phenoxy) is 1. The van der Waals surface area contributed by atoms with Crippen molar-refractivity contribution in [1.29, 1.82) is 5.26 Å². The van der Waals surface area contributed by atoms with E-state index in [1.165, 1.54) is 18.2 Å². The molecule has 234 valence electrons. The second-order valence-electron chi connectivity index (χ2n) is 11.2. The van der Waals surface area contributed by atoms with Crippen molar-refractivity contribution in [3.63, 3.8) is 0 Å². The number of nitriles is 1. The smallest absolute Gasteiger partial charge is 0.382 e. The number of rotatable bonds is 7. The van der Waals surface area contributed by atoms with Gasteiger partial charge in [-0.3, -0.25) is 14.7 Å². The third-order valence-corrected chi connectivity index (χ3v) is 8.12. The van der Waals surface area contributed by atoms with Crippen LogP contribution in [0.2, 0.25) is 0 Å². The number of hydrogen-bond acceptors (Lipinski definition) is 6. The van der Waals surface area contributed by atoms with Crippen molar-refractivity contribution < 1.29 is 35.9 Å². The van der Waals surface area contributed by atoms with E-state index in [-0.39, 0.29) is 30.2 Å². The number of carbonyl (C=O) groups is 1. The van der Waals surface area contributed by atoms with Gasteiger partial charge >= 0.3 is 12.4 Å². The molecule has 1 amide bonds. The Hall–Kier alpha value is -3.89. The summed E-state index contributed by atoms with van der Waals surface area (Å²) >= 11 is 0. The van der Waals surface area contributed by atoms with Crippen LogP contribution in [0.1, 0.15) is 48.1 Å². The molecule has 13 heteroatoms. The third-order valence-electron chi connectivity index (χ3n) is 8.12. The van der Waals surface area contributed by atoms with Crippen LogP contribution in [0.5, 0.6) is 0 Å². The zero-order valence-corrected chi connectivity index (χ0v) is 23.7. The molecule has 0 bridgehead atoms. The molecule has 1 aliphatic carbocycles. The minimum Gasteiger partial charge on any atom is -0.382 e. The van der Waals surface area contributed by atoms with E-state index < -0.39 is 29.0 Å². The zero-order chi connectivity index (χ0) is 31.5. The standard InChI is InChI=1S/C31H31F6N5O2/c32-30(33,34)22-4-1-20-2-6-25(40-28(20)15-22)18-41-11-13-42(14-12-41)29(43)19-44-26-9-7-23(8-10-26)39-24-5-3-21(17-38)27(16-24)31(35,36)37/h1-6,15-16,23,26,39H,7-14,18-19H2. The Labute approximate surface area is 250 Å². The van der Waals surface area contributed by atoms with Crippen LogP contribution < -0.4 is 5.32 Å². The zero-order valence-electron chi connectivity index (χ0n) is 23.7. The second kappa shape index (κ2) is 13.0. The van der Waals surface area contributed by atoms with Crippen LogP contribution >= 0.6 is 0 Å². The van der Waals surface area contributed by atoms with Crippen LogP contribution in [0.25, 0.3) is 10.9 Å². The molecule has 1 saturated carbocycles. The van der Waals surface area contributed by atoms with Gasteiger partial charge in [0, 0.05) is 49.8 Å². The fraction of sp³-hybridized carbons (Fsp3) is 0.452. The highest BCUT2D eigenvalue weighted by molar-refractivity contribution is 5.79. The van der Waals surface area contributed by atoms with Crippen LogP contribution in [-0.4, -0.2) is 65.6 Å². The average Bonchev–Trinajstić information content (AvgIpc) is 2.99. The van der Waals surface area contributed by atoms with Crippen molar-refractivity contribution in [3.8, 4) is 6.07 Å². The van der Waals surface area contributed by atoms with Gasteiger partial charge in [-0.15, -0.1) is 0 Å². The predicted octanol–water partition coefficient (Wildman–Crippen LogP) is 6.23. The number of aromatic nitrogens is 1. The Kier molecular flexibility index (Phi) is 9.31. The number of nitrogens with zero attached hydrogens (tertiary/aromatic N) is 4. The summed E-state index contributed by atoms with van der Waals surface area (Å²) in [7, 11) is 0. The number of nitrogens with one attached hydrogen (secondary N) is 1. The Balaban J connectivity index is 1.04.